The summed E-state index contributed by atoms with van der Waals surface area (Å²) in [6, 6.07) is 9.61. The normalized spacial score (nSPS) is 11.5. The molecule has 8 nitrogen and oxygen atoms in total. The number of nitrogens with two attached hydrogens (primary N) is 1. The first kappa shape index (κ1) is 18.3. The second-order valence-electron chi connectivity index (χ2n) is 5.33. The lowest BCUT2D eigenvalue weighted by molar-refractivity contribution is 0.330. The second kappa shape index (κ2) is 7.40. The number of halogens is 1. The van der Waals surface area contributed by atoms with Crippen LogP contribution in [0.15, 0.2) is 41.3 Å². The molecule has 10 heteroatoms. The van der Waals surface area contributed by atoms with E-state index in [0.717, 1.165) is 5.56 Å². The highest BCUT2D eigenvalue weighted by Gasteiger charge is 2.11. The number of hydrogen-bond acceptors (Lipinski definition) is 7. The molecule has 0 amide bonds. The van der Waals surface area contributed by atoms with Gasteiger partial charge in [-0.1, -0.05) is 23.7 Å². The van der Waals surface area contributed by atoms with Crippen LogP contribution in [0.4, 0.5) is 5.95 Å². The molecule has 0 aliphatic rings. The average Bonchev–Trinajstić information content (AvgIpc) is 2.60. The maximum atomic E-state index is 11.3. The van der Waals surface area contributed by atoms with Crippen molar-refractivity contribution in [2.24, 2.45) is 5.14 Å². The van der Waals surface area contributed by atoms with Gasteiger partial charge in [-0.15, -0.1) is 0 Å². The van der Waals surface area contributed by atoms with Gasteiger partial charge in [0.25, 0.3) is 0 Å². The maximum absolute atomic E-state index is 11.3. The Hall–Kier alpha value is -2.49. The van der Waals surface area contributed by atoms with E-state index in [0.29, 0.717) is 41.2 Å². The topological polar surface area (TPSA) is 120 Å². The summed E-state index contributed by atoms with van der Waals surface area (Å²) < 4.78 is 28.1. The molecule has 2 heterocycles. The summed E-state index contributed by atoms with van der Waals surface area (Å²) in [7, 11) is -3.71. The molecule has 0 saturated heterocycles. The molecule has 3 aromatic rings. The zero-order valence-corrected chi connectivity index (χ0v) is 15.4. The molecular formula is C16H16ClN5O3S. The highest BCUT2D eigenvalue weighted by molar-refractivity contribution is 7.89. The van der Waals surface area contributed by atoms with Crippen LogP contribution in [0.2, 0.25) is 5.15 Å². The van der Waals surface area contributed by atoms with Crippen molar-refractivity contribution in [2.45, 2.75) is 18.4 Å². The molecule has 136 valence electrons. The monoisotopic (exact) mass is 393 g/mol. The molecule has 3 rings (SSSR count). The molecule has 0 unspecified atom stereocenters. The minimum absolute atomic E-state index is 0.0600. The fraction of sp³-hybridized carbons (Fsp3) is 0.188. The van der Waals surface area contributed by atoms with Crippen molar-refractivity contribution in [1.82, 2.24) is 15.0 Å². The Balaban J connectivity index is 1.83. The molecule has 0 fully saturated rings. The molecule has 0 aliphatic heterocycles. The number of aromatic nitrogens is 3. The Morgan fingerprint density at radius 3 is 2.50 bits per heavy atom. The van der Waals surface area contributed by atoms with Crippen molar-refractivity contribution in [2.75, 3.05) is 11.9 Å². The van der Waals surface area contributed by atoms with Crippen molar-refractivity contribution in [3.63, 3.8) is 0 Å². The molecule has 1 aromatic carbocycles. The zero-order valence-electron chi connectivity index (χ0n) is 13.8. The molecule has 2 aromatic heterocycles. The van der Waals surface area contributed by atoms with Gasteiger partial charge in [0.05, 0.1) is 17.0 Å². The van der Waals surface area contributed by atoms with Gasteiger partial charge in [0.2, 0.25) is 21.9 Å². The molecule has 0 aliphatic carbocycles. The highest BCUT2D eigenvalue weighted by atomic mass is 35.5. The minimum atomic E-state index is -3.71. The number of fused-ring (bicyclic) bond motifs is 1. The summed E-state index contributed by atoms with van der Waals surface area (Å²) in [4.78, 5) is 13.0. The summed E-state index contributed by atoms with van der Waals surface area (Å²) >= 11 is 5.93. The number of benzene rings is 1. The van der Waals surface area contributed by atoms with Crippen molar-refractivity contribution in [3.8, 4) is 5.88 Å². The molecule has 0 atom stereocenters. The fourth-order valence-corrected chi connectivity index (χ4v) is 2.92. The van der Waals surface area contributed by atoms with Crippen LogP contribution in [0.1, 0.15) is 12.5 Å². The van der Waals surface area contributed by atoms with Crippen LogP contribution in [0.5, 0.6) is 5.88 Å². The summed E-state index contributed by atoms with van der Waals surface area (Å²) in [6.07, 6.45) is 0. The van der Waals surface area contributed by atoms with Crippen molar-refractivity contribution < 1.29 is 13.2 Å². The van der Waals surface area contributed by atoms with E-state index in [-0.39, 0.29) is 4.90 Å². The van der Waals surface area contributed by atoms with Crippen LogP contribution < -0.4 is 15.2 Å². The standard InChI is InChI=1S/C16H16ClN5O3S/c1-2-25-15-14-12(7-8-13(17)21-14)20-16(22-15)19-9-10-3-5-11(6-4-10)26(18,23)24/h3-8H,2,9H2,1H3,(H2,18,23,24)(H,19,20,22). The van der Waals surface area contributed by atoms with Gasteiger partial charge in [0.1, 0.15) is 5.15 Å². The lowest BCUT2D eigenvalue weighted by atomic mass is 10.2. The number of primary sulfonamides is 1. The number of nitrogens with one attached hydrogen (secondary N) is 1. The number of pyridine rings is 1. The van der Waals surface area contributed by atoms with Crippen LogP contribution >= 0.6 is 11.6 Å². The van der Waals surface area contributed by atoms with E-state index in [9.17, 15) is 8.42 Å². The van der Waals surface area contributed by atoms with Crippen molar-refractivity contribution >= 4 is 38.6 Å². The highest BCUT2D eigenvalue weighted by Crippen LogP contribution is 2.24. The lowest BCUT2D eigenvalue weighted by Gasteiger charge is -2.10. The minimum Gasteiger partial charge on any atom is -0.476 e. The molecule has 0 saturated carbocycles. The number of ether oxygens (including phenoxy) is 1. The van der Waals surface area contributed by atoms with Gasteiger partial charge in [-0.05, 0) is 36.8 Å². The Bertz CT molecular complexity index is 1040. The Labute approximate surface area is 155 Å². The van der Waals surface area contributed by atoms with Gasteiger partial charge >= 0.3 is 0 Å². The summed E-state index contributed by atoms with van der Waals surface area (Å²) in [5.74, 6) is 0.702. The molecule has 0 bridgehead atoms. The van der Waals surface area contributed by atoms with E-state index < -0.39 is 10.0 Å². The van der Waals surface area contributed by atoms with E-state index in [2.05, 4.69) is 20.3 Å². The molecular weight excluding hydrogens is 378 g/mol. The van der Waals surface area contributed by atoms with Gasteiger partial charge < -0.3 is 10.1 Å². The van der Waals surface area contributed by atoms with Crippen LogP contribution in [0.3, 0.4) is 0 Å². The van der Waals surface area contributed by atoms with E-state index >= 15 is 0 Å². The Morgan fingerprint density at radius 2 is 1.85 bits per heavy atom. The lowest BCUT2D eigenvalue weighted by Crippen LogP contribution is -2.12. The third kappa shape index (κ3) is 4.18. The number of anilines is 1. The van der Waals surface area contributed by atoms with E-state index in [1.807, 2.05) is 6.92 Å². The van der Waals surface area contributed by atoms with Crippen molar-refractivity contribution in [1.29, 1.82) is 0 Å². The smallest absolute Gasteiger partial charge is 0.245 e. The van der Waals surface area contributed by atoms with Crippen LogP contribution in [0, 0.1) is 0 Å². The first-order valence-electron chi connectivity index (χ1n) is 7.69. The molecule has 0 spiro atoms. The largest absolute Gasteiger partial charge is 0.476 e. The predicted molar refractivity (Wildman–Crippen MR) is 98.7 cm³/mol. The quantitative estimate of drug-likeness (QED) is 0.616. The van der Waals surface area contributed by atoms with Crippen molar-refractivity contribution in [3.05, 3.63) is 47.1 Å². The van der Waals surface area contributed by atoms with Gasteiger partial charge in [-0.25, -0.2) is 23.5 Å². The number of rotatable bonds is 6. The first-order valence-corrected chi connectivity index (χ1v) is 9.62. The van der Waals surface area contributed by atoms with Crippen LogP contribution in [-0.4, -0.2) is 30.0 Å². The van der Waals surface area contributed by atoms with Gasteiger partial charge in [0.15, 0.2) is 5.52 Å². The fourth-order valence-electron chi connectivity index (χ4n) is 2.26. The Kier molecular flexibility index (Phi) is 5.21. The molecule has 3 N–H and O–H groups in total. The number of nitrogens with zero attached hydrogens (tertiary/aromatic N) is 3. The predicted octanol–water partition coefficient (Wildman–Crippen LogP) is 2.34. The van der Waals surface area contributed by atoms with Gasteiger partial charge in [-0.2, -0.15) is 4.98 Å². The van der Waals surface area contributed by atoms with E-state index in [1.165, 1.54) is 12.1 Å². The number of sulfonamides is 1. The first-order chi connectivity index (χ1) is 12.4. The molecule has 0 radical (unpaired) electrons. The van der Waals surface area contributed by atoms with Crippen LogP contribution in [-0.2, 0) is 16.6 Å². The third-order valence-corrected chi connectivity index (χ3v) is 4.60. The summed E-state index contributed by atoms with van der Waals surface area (Å²) in [6.45, 7) is 2.66. The zero-order chi connectivity index (χ0) is 18.7. The SMILES string of the molecule is CCOc1nc(NCc2ccc(S(N)(=O)=O)cc2)nc2ccc(Cl)nc12. The Morgan fingerprint density at radius 1 is 1.12 bits per heavy atom. The summed E-state index contributed by atoms with van der Waals surface area (Å²) in [5, 5.41) is 8.50. The maximum Gasteiger partial charge on any atom is 0.245 e. The summed E-state index contributed by atoms with van der Waals surface area (Å²) in [5.41, 5.74) is 1.93. The van der Waals surface area contributed by atoms with E-state index in [1.54, 1.807) is 24.3 Å². The van der Waals surface area contributed by atoms with Gasteiger partial charge in [-0.3, -0.25) is 0 Å². The molecule has 26 heavy (non-hydrogen) atoms. The van der Waals surface area contributed by atoms with Gasteiger partial charge in [0, 0.05) is 6.54 Å². The van der Waals surface area contributed by atoms with E-state index in [4.69, 9.17) is 21.5 Å². The van der Waals surface area contributed by atoms with Crippen LogP contribution in [0.25, 0.3) is 11.0 Å². The third-order valence-electron chi connectivity index (χ3n) is 3.46. The average molecular weight is 394 g/mol. The number of hydrogen-bond donors (Lipinski definition) is 2. The second-order valence-corrected chi connectivity index (χ2v) is 7.28.